The third-order valence-corrected chi connectivity index (χ3v) is 4.50. The summed E-state index contributed by atoms with van der Waals surface area (Å²) in [6, 6.07) is 2.80. The quantitative estimate of drug-likeness (QED) is 0.858. The third kappa shape index (κ3) is 2.45. The lowest BCUT2D eigenvalue weighted by molar-refractivity contribution is 0.0457. The monoisotopic (exact) mass is 249 g/mol. The largest absolute Gasteiger partial charge is 0.389 e. The van der Waals surface area contributed by atoms with E-state index in [1.807, 2.05) is 0 Å². The summed E-state index contributed by atoms with van der Waals surface area (Å²) >= 11 is 0. The van der Waals surface area contributed by atoms with Crippen LogP contribution in [0, 0.1) is 0 Å². The second-order valence-electron chi connectivity index (χ2n) is 6.13. The molecule has 4 heteroatoms. The van der Waals surface area contributed by atoms with Crippen molar-refractivity contribution in [3.63, 3.8) is 0 Å². The van der Waals surface area contributed by atoms with Crippen LogP contribution < -0.4 is 5.73 Å². The molecule has 3 rings (SSSR count). The molecule has 0 bridgehead atoms. The lowest BCUT2D eigenvalue weighted by atomic mass is 9.96. The molecule has 1 aromatic heterocycles. The maximum atomic E-state index is 10.5. The van der Waals surface area contributed by atoms with Gasteiger partial charge in [0.2, 0.25) is 0 Å². The Morgan fingerprint density at radius 1 is 1.39 bits per heavy atom. The minimum absolute atomic E-state index is 0.159. The zero-order valence-electron chi connectivity index (χ0n) is 10.9. The Hall–Kier alpha value is -0.870. The molecule has 2 aliphatic rings. The van der Waals surface area contributed by atoms with Crippen molar-refractivity contribution in [1.29, 1.82) is 0 Å². The average molecular weight is 249 g/mol. The van der Waals surface area contributed by atoms with Gasteiger partial charge in [-0.3, -0.25) is 4.68 Å². The van der Waals surface area contributed by atoms with Crippen molar-refractivity contribution in [2.24, 2.45) is 5.73 Å². The van der Waals surface area contributed by atoms with E-state index in [4.69, 9.17) is 5.73 Å². The highest BCUT2D eigenvalue weighted by Crippen LogP contribution is 2.33. The van der Waals surface area contributed by atoms with Crippen molar-refractivity contribution >= 4 is 0 Å². The maximum absolute atomic E-state index is 10.5. The van der Waals surface area contributed by atoms with Crippen molar-refractivity contribution in [3.05, 3.63) is 18.0 Å². The summed E-state index contributed by atoms with van der Waals surface area (Å²) in [6.45, 7) is 0. The Bertz CT molecular complexity index is 411. The van der Waals surface area contributed by atoms with Crippen molar-refractivity contribution in [2.45, 2.75) is 69.1 Å². The molecule has 0 aromatic carbocycles. The van der Waals surface area contributed by atoms with Crippen LogP contribution in [0.2, 0.25) is 0 Å². The van der Waals surface area contributed by atoms with Gasteiger partial charge in [-0.05, 0) is 38.2 Å². The van der Waals surface area contributed by atoms with Gasteiger partial charge in [-0.25, -0.2) is 0 Å². The van der Waals surface area contributed by atoms with Crippen LogP contribution in [0.4, 0.5) is 0 Å². The van der Waals surface area contributed by atoms with Gasteiger partial charge in [0, 0.05) is 18.7 Å². The van der Waals surface area contributed by atoms with Gasteiger partial charge in [0.15, 0.2) is 0 Å². The normalized spacial score (nSPS) is 33.3. The first-order valence-corrected chi connectivity index (χ1v) is 7.17. The van der Waals surface area contributed by atoms with E-state index < -0.39 is 5.60 Å². The van der Waals surface area contributed by atoms with Gasteiger partial charge in [0.25, 0.3) is 0 Å². The number of hydrogen-bond acceptors (Lipinski definition) is 3. The Labute approximate surface area is 108 Å². The highest BCUT2D eigenvalue weighted by atomic mass is 16.3. The Balaban J connectivity index is 1.66. The summed E-state index contributed by atoms with van der Waals surface area (Å²) in [6.07, 6.45) is 10.3. The van der Waals surface area contributed by atoms with Gasteiger partial charge in [-0.15, -0.1) is 0 Å². The predicted molar refractivity (Wildman–Crippen MR) is 70.2 cm³/mol. The highest BCUT2D eigenvalue weighted by Gasteiger charge is 2.36. The fourth-order valence-corrected chi connectivity index (χ4v) is 3.49. The summed E-state index contributed by atoms with van der Waals surface area (Å²) in [5, 5.41) is 15.1. The highest BCUT2D eigenvalue weighted by molar-refractivity contribution is 5.07. The van der Waals surface area contributed by atoms with Crippen molar-refractivity contribution < 1.29 is 5.11 Å². The summed E-state index contributed by atoms with van der Waals surface area (Å²) in [4.78, 5) is 0. The van der Waals surface area contributed by atoms with Gasteiger partial charge in [-0.2, -0.15) is 5.10 Å². The number of hydrogen-bond donors (Lipinski definition) is 2. The first-order valence-electron chi connectivity index (χ1n) is 7.17. The van der Waals surface area contributed by atoms with Gasteiger partial charge >= 0.3 is 0 Å². The van der Waals surface area contributed by atoms with Crippen LogP contribution >= 0.6 is 0 Å². The SMILES string of the molecule is NC1CCC(O)(Cc2ccn(C3CCCC3)n2)C1. The van der Waals surface area contributed by atoms with Crippen molar-refractivity contribution in [3.8, 4) is 0 Å². The number of nitrogens with zero attached hydrogens (tertiary/aromatic N) is 2. The molecule has 2 unspecified atom stereocenters. The first kappa shape index (κ1) is 12.2. The van der Waals surface area contributed by atoms with Gasteiger partial charge in [0.05, 0.1) is 17.3 Å². The minimum Gasteiger partial charge on any atom is -0.389 e. The predicted octanol–water partition coefficient (Wildman–Crippen LogP) is 1.78. The molecule has 0 aliphatic heterocycles. The molecule has 0 radical (unpaired) electrons. The molecule has 1 aromatic rings. The first-order chi connectivity index (χ1) is 8.65. The van der Waals surface area contributed by atoms with E-state index in [9.17, 15) is 5.11 Å². The molecular formula is C14H23N3O. The van der Waals surface area contributed by atoms with Crippen LogP contribution in [-0.2, 0) is 6.42 Å². The minimum atomic E-state index is -0.617. The summed E-state index contributed by atoms with van der Waals surface area (Å²) < 4.78 is 2.10. The van der Waals surface area contributed by atoms with Gasteiger partial charge < -0.3 is 10.8 Å². The molecule has 2 aliphatic carbocycles. The van der Waals surface area contributed by atoms with E-state index in [1.165, 1.54) is 25.7 Å². The van der Waals surface area contributed by atoms with E-state index in [1.54, 1.807) is 0 Å². The fourth-order valence-electron chi connectivity index (χ4n) is 3.49. The zero-order chi connectivity index (χ0) is 12.6. The van der Waals surface area contributed by atoms with E-state index >= 15 is 0 Å². The summed E-state index contributed by atoms with van der Waals surface area (Å²) in [7, 11) is 0. The standard InChI is InChI=1S/C14H23N3O/c15-11-5-7-14(18,9-11)10-12-6-8-17(16-12)13-3-1-2-4-13/h6,8,11,13,18H,1-5,7,9-10,15H2. The molecule has 0 spiro atoms. The molecular weight excluding hydrogens is 226 g/mol. The molecule has 4 nitrogen and oxygen atoms in total. The molecule has 100 valence electrons. The molecule has 3 N–H and O–H groups in total. The second-order valence-corrected chi connectivity index (χ2v) is 6.13. The Morgan fingerprint density at radius 2 is 2.17 bits per heavy atom. The zero-order valence-corrected chi connectivity index (χ0v) is 10.9. The van der Waals surface area contributed by atoms with Crippen LogP contribution in [0.5, 0.6) is 0 Å². The average Bonchev–Trinajstić information content (AvgIpc) is 2.99. The molecule has 2 saturated carbocycles. The van der Waals surface area contributed by atoms with Gasteiger partial charge in [-0.1, -0.05) is 12.8 Å². The van der Waals surface area contributed by atoms with E-state index in [0.717, 1.165) is 18.5 Å². The Morgan fingerprint density at radius 3 is 2.83 bits per heavy atom. The van der Waals surface area contributed by atoms with Crippen molar-refractivity contribution in [1.82, 2.24) is 9.78 Å². The van der Waals surface area contributed by atoms with E-state index in [0.29, 0.717) is 18.9 Å². The summed E-state index contributed by atoms with van der Waals surface area (Å²) in [5.74, 6) is 0. The topological polar surface area (TPSA) is 64.1 Å². The van der Waals surface area contributed by atoms with Crippen LogP contribution in [-0.4, -0.2) is 26.5 Å². The molecule has 0 amide bonds. The lowest BCUT2D eigenvalue weighted by Crippen LogP contribution is -2.30. The maximum Gasteiger partial charge on any atom is 0.0719 e. The van der Waals surface area contributed by atoms with Crippen molar-refractivity contribution in [2.75, 3.05) is 0 Å². The van der Waals surface area contributed by atoms with Crippen LogP contribution in [0.3, 0.4) is 0 Å². The van der Waals surface area contributed by atoms with E-state index in [-0.39, 0.29) is 6.04 Å². The van der Waals surface area contributed by atoms with Crippen LogP contribution in [0.25, 0.3) is 0 Å². The number of rotatable bonds is 3. The number of nitrogens with two attached hydrogens (primary N) is 1. The number of aliphatic hydroxyl groups is 1. The third-order valence-electron chi connectivity index (χ3n) is 4.50. The molecule has 0 saturated heterocycles. The van der Waals surface area contributed by atoms with Crippen LogP contribution in [0.1, 0.15) is 56.7 Å². The fraction of sp³-hybridized carbons (Fsp3) is 0.786. The molecule has 2 atom stereocenters. The lowest BCUT2D eigenvalue weighted by Gasteiger charge is -2.21. The van der Waals surface area contributed by atoms with Crippen LogP contribution in [0.15, 0.2) is 12.3 Å². The molecule has 1 heterocycles. The van der Waals surface area contributed by atoms with E-state index in [2.05, 4.69) is 22.0 Å². The summed E-state index contributed by atoms with van der Waals surface area (Å²) in [5.41, 5.74) is 6.28. The molecule has 2 fully saturated rings. The molecule has 18 heavy (non-hydrogen) atoms. The Kier molecular flexibility index (Phi) is 3.16. The van der Waals surface area contributed by atoms with Gasteiger partial charge in [0.1, 0.15) is 0 Å². The number of aromatic nitrogens is 2. The second kappa shape index (κ2) is 4.67. The smallest absolute Gasteiger partial charge is 0.0719 e.